The highest BCUT2D eigenvalue weighted by molar-refractivity contribution is 5.36. The summed E-state index contributed by atoms with van der Waals surface area (Å²) in [6.45, 7) is 0.459. The maximum atomic E-state index is 5.46. The lowest BCUT2D eigenvalue weighted by atomic mass is 9.92. The average Bonchev–Trinajstić information content (AvgIpc) is 2.15. The average molecular weight is 192 g/mol. The first-order valence-electron chi connectivity index (χ1n) is 5.05. The molecular weight excluding hydrogens is 176 g/mol. The van der Waals surface area contributed by atoms with E-state index in [4.69, 9.17) is 5.73 Å². The number of rotatable bonds is 3. The van der Waals surface area contributed by atoms with Crippen LogP contribution in [0, 0.1) is 0 Å². The summed E-state index contributed by atoms with van der Waals surface area (Å²) < 4.78 is 0. The molecule has 0 aliphatic heterocycles. The van der Waals surface area contributed by atoms with Gasteiger partial charge in [-0.15, -0.1) is 0 Å². The van der Waals surface area contributed by atoms with Gasteiger partial charge in [0.25, 0.3) is 0 Å². The second-order valence-corrected chi connectivity index (χ2v) is 3.77. The van der Waals surface area contributed by atoms with Crippen molar-refractivity contribution in [2.45, 2.75) is 31.8 Å². The van der Waals surface area contributed by atoms with Gasteiger partial charge in [-0.1, -0.05) is 0 Å². The number of hydrogen-bond donors (Lipinski definition) is 1. The largest absolute Gasteiger partial charge is 0.355 e. The number of nitrogens with zero attached hydrogens (tertiary/aromatic N) is 3. The van der Waals surface area contributed by atoms with Crippen molar-refractivity contribution < 1.29 is 0 Å². The standard InChI is InChI=1S/C10H16N4/c1-14(9-3-2-4-9)10-7-12-8(5-11)6-13-10/h6-7,9H,2-5,11H2,1H3. The van der Waals surface area contributed by atoms with Gasteiger partial charge in [0.15, 0.2) is 0 Å². The maximum absolute atomic E-state index is 5.46. The van der Waals surface area contributed by atoms with E-state index in [0.717, 1.165) is 11.5 Å². The van der Waals surface area contributed by atoms with Crippen LogP contribution in [0.15, 0.2) is 12.4 Å². The van der Waals surface area contributed by atoms with E-state index >= 15 is 0 Å². The normalized spacial score (nSPS) is 16.4. The fourth-order valence-corrected chi connectivity index (χ4v) is 1.60. The number of hydrogen-bond acceptors (Lipinski definition) is 4. The van der Waals surface area contributed by atoms with Gasteiger partial charge >= 0.3 is 0 Å². The van der Waals surface area contributed by atoms with Gasteiger partial charge in [0.1, 0.15) is 5.82 Å². The molecule has 4 heteroatoms. The summed E-state index contributed by atoms with van der Waals surface area (Å²) in [5, 5.41) is 0. The Morgan fingerprint density at radius 3 is 2.64 bits per heavy atom. The Balaban J connectivity index is 2.07. The van der Waals surface area contributed by atoms with E-state index in [9.17, 15) is 0 Å². The molecule has 14 heavy (non-hydrogen) atoms. The topological polar surface area (TPSA) is 55.0 Å². The molecular formula is C10H16N4. The van der Waals surface area contributed by atoms with E-state index in [1.54, 1.807) is 12.4 Å². The summed E-state index contributed by atoms with van der Waals surface area (Å²) in [6, 6.07) is 0.660. The van der Waals surface area contributed by atoms with Crippen LogP contribution in [0.4, 0.5) is 5.82 Å². The summed E-state index contributed by atoms with van der Waals surface area (Å²) in [5.41, 5.74) is 6.30. The molecule has 2 N–H and O–H groups in total. The van der Waals surface area contributed by atoms with Gasteiger partial charge in [0.05, 0.1) is 18.1 Å². The number of aromatic nitrogens is 2. The number of anilines is 1. The highest BCUT2D eigenvalue weighted by atomic mass is 15.2. The molecule has 1 fully saturated rings. The van der Waals surface area contributed by atoms with E-state index in [1.807, 2.05) is 0 Å². The van der Waals surface area contributed by atoms with E-state index in [-0.39, 0.29) is 0 Å². The Labute approximate surface area is 84.2 Å². The minimum atomic E-state index is 0.459. The Bertz CT molecular complexity index is 291. The van der Waals surface area contributed by atoms with Crippen LogP contribution in [0.3, 0.4) is 0 Å². The Kier molecular flexibility index (Phi) is 2.63. The molecule has 2 rings (SSSR count). The smallest absolute Gasteiger partial charge is 0.147 e. The third kappa shape index (κ3) is 1.70. The molecule has 0 atom stereocenters. The summed E-state index contributed by atoms with van der Waals surface area (Å²) in [6.07, 6.45) is 7.45. The molecule has 0 aromatic carbocycles. The molecule has 1 heterocycles. The van der Waals surface area contributed by atoms with Crippen molar-refractivity contribution in [2.75, 3.05) is 11.9 Å². The highest BCUT2D eigenvalue weighted by Crippen LogP contribution is 2.26. The van der Waals surface area contributed by atoms with Crippen molar-refractivity contribution in [2.24, 2.45) is 5.73 Å². The fraction of sp³-hybridized carbons (Fsp3) is 0.600. The zero-order chi connectivity index (χ0) is 9.97. The Hall–Kier alpha value is -1.16. The Morgan fingerprint density at radius 2 is 2.21 bits per heavy atom. The van der Waals surface area contributed by atoms with Crippen molar-refractivity contribution in [3.05, 3.63) is 18.1 Å². The zero-order valence-electron chi connectivity index (χ0n) is 8.48. The first-order chi connectivity index (χ1) is 6.81. The van der Waals surface area contributed by atoms with Crippen LogP contribution in [-0.4, -0.2) is 23.1 Å². The van der Waals surface area contributed by atoms with Gasteiger partial charge in [0, 0.05) is 19.6 Å². The van der Waals surface area contributed by atoms with Crippen molar-refractivity contribution in [1.82, 2.24) is 9.97 Å². The van der Waals surface area contributed by atoms with E-state index in [2.05, 4.69) is 21.9 Å². The molecule has 0 unspecified atom stereocenters. The van der Waals surface area contributed by atoms with Crippen molar-refractivity contribution in [3.63, 3.8) is 0 Å². The second-order valence-electron chi connectivity index (χ2n) is 3.77. The molecule has 0 saturated heterocycles. The van der Waals surface area contributed by atoms with Crippen LogP contribution in [0.5, 0.6) is 0 Å². The molecule has 4 nitrogen and oxygen atoms in total. The molecule has 1 aliphatic carbocycles. The van der Waals surface area contributed by atoms with Crippen LogP contribution in [-0.2, 0) is 6.54 Å². The maximum Gasteiger partial charge on any atom is 0.147 e. The highest BCUT2D eigenvalue weighted by Gasteiger charge is 2.22. The Morgan fingerprint density at radius 1 is 1.43 bits per heavy atom. The van der Waals surface area contributed by atoms with Crippen molar-refractivity contribution in [3.8, 4) is 0 Å². The summed E-state index contributed by atoms with van der Waals surface area (Å²) in [4.78, 5) is 10.8. The van der Waals surface area contributed by atoms with E-state index < -0.39 is 0 Å². The van der Waals surface area contributed by atoms with Crippen LogP contribution >= 0.6 is 0 Å². The van der Waals surface area contributed by atoms with Gasteiger partial charge in [-0.3, -0.25) is 4.98 Å². The lowest BCUT2D eigenvalue weighted by molar-refractivity contribution is 0.399. The van der Waals surface area contributed by atoms with Crippen molar-refractivity contribution in [1.29, 1.82) is 0 Å². The third-order valence-electron chi connectivity index (χ3n) is 2.88. The second kappa shape index (κ2) is 3.92. The first-order valence-corrected chi connectivity index (χ1v) is 5.05. The summed E-state index contributed by atoms with van der Waals surface area (Å²) in [5.74, 6) is 0.951. The molecule has 0 spiro atoms. The van der Waals surface area contributed by atoms with Crippen LogP contribution < -0.4 is 10.6 Å². The van der Waals surface area contributed by atoms with Gasteiger partial charge in [-0.25, -0.2) is 4.98 Å². The lowest BCUT2D eigenvalue weighted by Gasteiger charge is -2.35. The fourth-order valence-electron chi connectivity index (χ4n) is 1.60. The predicted octanol–water partition coefficient (Wildman–Crippen LogP) is 0.924. The van der Waals surface area contributed by atoms with Gasteiger partial charge in [-0.2, -0.15) is 0 Å². The molecule has 1 aliphatic rings. The first kappa shape index (κ1) is 9.40. The summed E-state index contributed by atoms with van der Waals surface area (Å²) in [7, 11) is 2.08. The lowest BCUT2D eigenvalue weighted by Crippen LogP contribution is -2.37. The third-order valence-corrected chi connectivity index (χ3v) is 2.88. The summed E-state index contributed by atoms with van der Waals surface area (Å²) >= 11 is 0. The van der Waals surface area contributed by atoms with Crippen molar-refractivity contribution >= 4 is 5.82 Å². The van der Waals surface area contributed by atoms with Gasteiger partial charge in [-0.05, 0) is 19.3 Å². The molecule has 0 radical (unpaired) electrons. The molecule has 1 aromatic rings. The number of nitrogens with two attached hydrogens (primary N) is 1. The molecule has 1 saturated carbocycles. The molecule has 1 aromatic heterocycles. The monoisotopic (exact) mass is 192 g/mol. The zero-order valence-corrected chi connectivity index (χ0v) is 8.48. The predicted molar refractivity (Wildman–Crippen MR) is 56.0 cm³/mol. The SMILES string of the molecule is CN(c1cnc(CN)cn1)C1CCC1. The minimum Gasteiger partial charge on any atom is -0.355 e. The minimum absolute atomic E-state index is 0.459. The van der Waals surface area contributed by atoms with Crippen LogP contribution in [0.1, 0.15) is 25.0 Å². The van der Waals surface area contributed by atoms with E-state index in [0.29, 0.717) is 12.6 Å². The molecule has 0 bridgehead atoms. The quantitative estimate of drug-likeness (QED) is 0.774. The van der Waals surface area contributed by atoms with Gasteiger partial charge in [0.2, 0.25) is 0 Å². The molecule has 0 amide bonds. The van der Waals surface area contributed by atoms with Crippen LogP contribution in [0.2, 0.25) is 0 Å². The van der Waals surface area contributed by atoms with E-state index in [1.165, 1.54) is 19.3 Å². The molecule has 76 valence electrons. The van der Waals surface area contributed by atoms with Gasteiger partial charge < -0.3 is 10.6 Å². The van der Waals surface area contributed by atoms with Crippen LogP contribution in [0.25, 0.3) is 0 Å².